The van der Waals surface area contributed by atoms with Gasteiger partial charge in [0.25, 0.3) is 0 Å². The lowest BCUT2D eigenvalue weighted by Crippen LogP contribution is -1.99. The lowest BCUT2D eigenvalue weighted by atomic mass is 10.1. The zero-order valence-corrected chi connectivity index (χ0v) is 11.2. The van der Waals surface area contributed by atoms with Gasteiger partial charge in [0.15, 0.2) is 0 Å². The number of nitriles is 1. The molecule has 2 aromatic rings. The average molecular weight is 271 g/mol. The molecule has 0 heterocycles. The molecule has 0 aromatic heterocycles. The molecule has 0 aliphatic carbocycles. The van der Waals surface area contributed by atoms with E-state index in [-0.39, 0.29) is 5.82 Å². The molecule has 0 amide bonds. The first kappa shape index (κ1) is 14.0. The second kappa shape index (κ2) is 5.72. The summed E-state index contributed by atoms with van der Waals surface area (Å²) >= 11 is 0. The highest BCUT2D eigenvalue weighted by Gasteiger charge is 2.13. The number of benzene rings is 2. The van der Waals surface area contributed by atoms with Crippen molar-refractivity contribution in [2.24, 2.45) is 0 Å². The van der Waals surface area contributed by atoms with Crippen molar-refractivity contribution < 1.29 is 14.2 Å². The Labute approximate surface area is 116 Å². The summed E-state index contributed by atoms with van der Waals surface area (Å²) in [6.07, 6.45) is -0.835. The molecule has 0 saturated heterocycles. The molecular weight excluding hydrogens is 257 g/mol. The molecule has 0 aliphatic rings. The van der Waals surface area contributed by atoms with Gasteiger partial charge in [-0.15, -0.1) is 0 Å². The van der Waals surface area contributed by atoms with Crippen LogP contribution in [0.1, 0.15) is 29.7 Å². The summed E-state index contributed by atoms with van der Waals surface area (Å²) in [5.74, 6) is 0.550. The number of hydrogen-bond donors (Lipinski definition) is 1. The number of aliphatic hydroxyl groups is 1. The van der Waals surface area contributed by atoms with E-state index in [1.807, 2.05) is 6.07 Å². The third kappa shape index (κ3) is 2.95. The first-order valence-corrected chi connectivity index (χ1v) is 6.17. The smallest absolute Gasteiger partial charge is 0.133 e. The van der Waals surface area contributed by atoms with Gasteiger partial charge in [0.1, 0.15) is 17.3 Å². The van der Waals surface area contributed by atoms with Crippen LogP contribution in [0.5, 0.6) is 11.5 Å². The van der Waals surface area contributed by atoms with Crippen LogP contribution in [-0.2, 0) is 0 Å². The van der Waals surface area contributed by atoms with Crippen molar-refractivity contribution in [3.8, 4) is 17.6 Å². The van der Waals surface area contributed by atoms with Crippen LogP contribution in [0.4, 0.5) is 4.39 Å². The number of aryl methyl sites for hydroxylation is 1. The van der Waals surface area contributed by atoms with Crippen LogP contribution in [0.2, 0.25) is 0 Å². The van der Waals surface area contributed by atoms with Gasteiger partial charge in [-0.05, 0) is 55.8 Å². The maximum Gasteiger partial charge on any atom is 0.133 e. The van der Waals surface area contributed by atoms with Gasteiger partial charge >= 0.3 is 0 Å². The Kier molecular flexibility index (Phi) is 4.02. The van der Waals surface area contributed by atoms with E-state index < -0.39 is 6.10 Å². The Morgan fingerprint density at radius 1 is 1.25 bits per heavy atom. The van der Waals surface area contributed by atoms with E-state index in [1.165, 1.54) is 6.07 Å². The van der Waals surface area contributed by atoms with Crippen molar-refractivity contribution >= 4 is 0 Å². The summed E-state index contributed by atoms with van der Waals surface area (Å²) in [5, 5.41) is 18.4. The van der Waals surface area contributed by atoms with Crippen LogP contribution >= 0.6 is 0 Å². The minimum atomic E-state index is -0.835. The molecule has 0 saturated carbocycles. The van der Waals surface area contributed by atoms with Crippen LogP contribution in [0, 0.1) is 24.1 Å². The summed E-state index contributed by atoms with van der Waals surface area (Å²) < 4.78 is 19.2. The predicted octanol–water partition coefficient (Wildman–Crippen LogP) is 3.85. The Morgan fingerprint density at radius 3 is 2.45 bits per heavy atom. The summed E-state index contributed by atoms with van der Waals surface area (Å²) in [5.41, 5.74) is 1.36. The highest BCUT2D eigenvalue weighted by molar-refractivity contribution is 5.43. The second-order valence-corrected chi connectivity index (χ2v) is 4.55. The molecule has 0 radical (unpaired) electrons. The zero-order valence-electron chi connectivity index (χ0n) is 11.2. The van der Waals surface area contributed by atoms with E-state index in [9.17, 15) is 9.50 Å². The number of aliphatic hydroxyl groups excluding tert-OH is 1. The first-order chi connectivity index (χ1) is 9.51. The Bertz CT molecular complexity index is 657. The van der Waals surface area contributed by atoms with Crippen molar-refractivity contribution in [2.75, 3.05) is 0 Å². The minimum absolute atomic E-state index is 0.381. The predicted molar refractivity (Wildman–Crippen MR) is 73.0 cm³/mol. The third-order valence-corrected chi connectivity index (χ3v) is 2.95. The number of nitrogens with zero attached hydrogens (tertiary/aromatic N) is 1. The molecule has 0 bridgehead atoms. The van der Waals surface area contributed by atoms with Gasteiger partial charge in [-0.1, -0.05) is 0 Å². The SMILES string of the molecule is Cc1cc(Oc2ccc(C#N)cc2)c([C@@H](C)O)cc1F. The first-order valence-electron chi connectivity index (χ1n) is 6.17. The molecule has 2 aromatic carbocycles. The van der Waals surface area contributed by atoms with Crippen LogP contribution in [0.25, 0.3) is 0 Å². The Hall–Kier alpha value is -2.38. The van der Waals surface area contributed by atoms with E-state index in [0.29, 0.717) is 28.2 Å². The number of ether oxygens (including phenoxy) is 1. The molecule has 20 heavy (non-hydrogen) atoms. The monoisotopic (exact) mass is 271 g/mol. The Morgan fingerprint density at radius 2 is 1.90 bits per heavy atom. The summed E-state index contributed by atoms with van der Waals surface area (Å²) in [6, 6.07) is 11.4. The van der Waals surface area contributed by atoms with E-state index in [0.717, 1.165) is 0 Å². The van der Waals surface area contributed by atoms with E-state index in [2.05, 4.69) is 0 Å². The van der Waals surface area contributed by atoms with Crippen LogP contribution in [0.3, 0.4) is 0 Å². The molecule has 0 aliphatic heterocycles. The maximum atomic E-state index is 13.6. The number of rotatable bonds is 3. The summed E-state index contributed by atoms with van der Waals surface area (Å²) in [4.78, 5) is 0. The summed E-state index contributed by atoms with van der Waals surface area (Å²) in [6.45, 7) is 3.18. The molecule has 0 spiro atoms. The van der Waals surface area contributed by atoms with E-state index in [1.54, 1.807) is 44.2 Å². The molecule has 3 nitrogen and oxygen atoms in total. The molecule has 0 fully saturated rings. The van der Waals surface area contributed by atoms with Crippen LogP contribution < -0.4 is 4.74 Å². The molecule has 102 valence electrons. The van der Waals surface area contributed by atoms with Crippen molar-refractivity contribution in [1.29, 1.82) is 5.26 Å². The van der Waals surface area contributed by atoms with Crippen molar-refractivity contribution in [3.63, 3.8) is 0 Å². The van der Waals surface area contributed by atoms with Crippen LogP contribution in [0.15, 0.2) is 36.4 Å². The second-order valence-electron chi connectivity index (χ2n) is 4.55. The minimum Gasteiger partial charge on any atom is -0.457 e. The van der Waals surface area contributed by atoms with Gasteiger partial charge in [-0.2, -0.15) is 5.26 Å². The molecular formula is C16H14FNO2. The molecule has 1 atom stereocenters. The molecule has 4 heteroatoms. The van der Waals surface area contributed by atoms with Crippen molar-refractivity contribution in [1.82, 2.24) is 0 Å². The average Bonchev–Trinajstić information content (AvgIpc) is 2.43. The van der Waals surface area contributed by atoms with Gasteiger partial charge in [0.05, 0.1) is 17.7 Å². The largest absolute Gasteiger partial charge is 0.457 e. The van der Waals surface area contributed by atoms with Crippen molar-refractivity contribution in [3.05, 3.63) is 58.9 Å². The topological polar surface area (TPSA) is 53.2 Å². The maximum absolute atomic E-state index is 13.6. The fourth-order valence-corrected chi connectivity index (χ4v) is 1.81. The highest BCUT2D eigenvalue weighted by Crippen LogP contribution is 2.32. The zero-order chi connectivity index (χ0) is 14.7. The van der Waals surface area contributed by atoms with Crippen LogP contribution in [-0.4, -0.2) is 5.11 Å². The Balaban J connectivity index is 2.36. The van der Waals surface area contributed by atoms with Gasteiger partial charge in [-0.3, -0.25) is 0 Å². The van der Waals surface area contributed by atoms with Gasteiger partial charge < -0.3 is 9.84 Å². The van der Waals surface area contributed by atoms with Gasteiger partial charge in [0, 0.05) is 5.56 Å². The lowest BCUT2D eigenvalue weighted by Gasteiger charge is -2.14. The quantitative estimate of drug-likeness (QED) is 0.922. The summed E-state index contributed by atoms with van der Waals surface area (Å²) in [7, 11) is 0. The molecule has 2 rings (SSSR count). The molecule has 1 N–H and O–H groups in total. The fourth-order valence-electron chi connectivity index (χ4n) is 1.81. The normalized spacial score (nSPS) is 11.8. The third-order valence-electron chi connectivity index (χ3n) is 2.95. The number of hydrogen-bond acceptors (Lipinski definition) is 3. The standard InChI is InChI=1S/C16H14FNO2/c1-10-7-16(14(11(2)19)8-15(10)17)20-13-5-3-12(9-18)4-6-13/h3-8,11,19H,1-2H3/t11-/m1/s1. The van der Waals surface area contributed by atoms with E-state index in [4.69, 9.17) is 10.00 Å². The molecule has 0 unspecified atom stereocenters. The fraction of sp³-hybridized carbons (Fsp3) is 0.188. The lowest BCUT2D eigenvalue weighted by molar-refractivity contribution is 0.195. The van der Waals surface area contributed by atoms with E-state index >= 15 is 0 Å². The van der Waals surface area contributed by atoms with Gasteiger partial charge in [-0.25, -0.2) is 4.39 Å². The van der Waals surface area contributed by atoms with Gasteiger partial charge in [0.2, 0.25) is 0 Å². The number of halogens is 1. The van der Waals surface area contributed by atoms with Crippen molar-refractivity contribution in [2.45, 2.75) is 20.0 Å². The highest BCUT2D eigenvalue weighted by atomic mass is 19.1.